The van der Waals surface area contributed by atoms with Gasteiger partial charge in [0.1, 0.15) is 12.3 Å². The molecule has 18 heavy (non-hydrogen) atoms. The Labute approximate surface area is 105 Å². The van der Waals surface area contributed by atoms with E-state index in [2.05, 4.69) is 16.8 Å². The first kappa shape index (κ1) is 12.6. The number of hydrogen-bond acceptors (Lipinski definition) is 4. The molecule has 2 N–H and O–H groups in total. The second kappa shape index (κ2) is 5.63. The van der Waals surface area contributed by atoms with Crippen molar-refractivity contribution >= 4 is 5.91 Å². The third-order valence-electron chi connectivity index (χ3n) is 2.74. The highest BCUT2D eigenvalue weighted by molar-refractivity contribution is 5.92. The van der Waals surface area contributed by atoms with Gasteiger partial charge in [-0.1, -0.05) is 11.8 Å². The van der Waals surface area contributed by atoms with Crippen molar-refractivity contribution in [3.05, 3.63) is 29.6 Å². The molecule has 1 saturated heterocycles. The summed E-state index contributed by atoms with van der Waals surface area (Å²) in [6.45, 7) is 0.729. The fraction of sp³-hybridized carbons (Fsp3) is 0.385. The molecule has 0 aromatic carbocycles. The lowest BCUT2D eigenvalue weighted by atomic mass is 10.2. The number of pyridine rings is 1. The fourth-order valence-corrected chi connectivity index (χ4v) is 1.82. The molecule has 0 saturated carbocycles. The summed E-state index contributed by atoms with van der Waals surface area (Å²) < 4.78 is 0. The Morgan fingerprint density at radius 3 is 2.94 bits per heavy atom. The number of carbonyl (C=O) groups excluding carboxylic acids is 1. The predicted octanol–water partition coefficient (Wildman–Crippen LogP) is -0.368. The van der Waals surface area contributed by atoms with Gasteiger partial charge in [-0.05, 0) is 18.6 Å². The first-order valence-electron chi connectivity index (χ1n) is 5.74. The Morgan fingerprint density at radius 2 is 2.39 bits per heavy atom. The maximum atomic E-state index is 12.0. The van der Waals surface area contributed by atoms with Crippen LogP contribution in [0.25, 0.3) is 0 Å². The summed E-state index contributed by atoms with van der Waals surface area (Å²) in [5.74, 6) is 5.05. The highest BCUT2D eigenvalue weighted by Gasteiger charge is 2.25. The molecule has 0 radical (unpaired) electrons. The molecule has 94 valence electrons. The number of carbonyl (C=O) groups is 1. The van der Waals surface area contributed by atoms with Gasteiger partial charge in [-0.25, -0.2) is 4.98 Å². The highest BCUT2D eigenvalue weighted by atomic mass is 16.3. The lowest BCUT2D eigenvalue weighted by molar-refractivity contribution is 0.0759. The van der Waals surface area contributed by atoms with Crippen LogP contribution in [0.2, 0.25) is 0 Å². The van der Waals surface area contributed by atoms with Gasteiger partial charge in [0.25, 0.3) is 5.91 Å². The van der Waals surface area contributed by atoms with Crippen molar-refractivity contribution in [2.75, 3.05) is 19.7 Å². The van der Waals surface area contributed by atoms with Crippen LogP contribution in [0.15, 0.2) is 18.3 Å². The standard InChI is InChI=1S/C13H14N2O3/c16-7-1-2-10-3-4-12(14-8-10)13(18)15-6-5-11(17)9-15/h3-4,8,11,16-17H,5-7,9H2. The van der Waals surface area contributed by atoms with E-state index in [1.54, 1.807) is 17.0 Å². The van der Waals surface area contributed by atoms with E-state index < -0.39 is 6.10 Å². The quantitative estimate of drug-likeness (QED) is 0.663. The van der Waals surface area contributed by atoms with Crippen molar-refractivity contribution < 1.29 is 15.0 Å². The third-order valence-corrected chi connectivity index (χ3v) is 2.74. The fourth-order valence-electron chi connectivity index (χ4n) is 1.82. The van der Waals surface area contributed by atoms with Crippen LogP contribution >= 0.6 is 0 Å². The third kappa shape index (κ3) is 2.86. The van der Waals surface area contributed by atoms with Crippen LogP contribution in [-0.4, -0.2) is 51.8 Å². The molecule has 1 aromatic heterocycles. The normalized spacial score (nSPS) is 18.3. The van der Waals surface area contributed by atoms with Gasteiger partial charge in [-0.2, -0.15) is 0 Å². The van der Waals surface area contributed by atoms with E-state index in [0.29, 0.717) is 30.8 Å². The molecule has 1 unspecified atom stereocenters. The van der Waals surface area contributed by atoms with Gasteiger partial charge in [0.15, 0.2) is 0 Å². The van der Waals surface area contributed by atoms with E-state index in [4.69, 9.17) is 5.11 Å². The SMILES string of the molecule is O=C(c1ccc(C#CCO)cn1)N1CCC(O)C1. The summed E-state index contributed by atoms with van der Waals surface area (Å²) in [7, 11) is 0. The second-order valence-electron chi connectivity index (χ2n) is 4.09. The number of aliphatic hydroxyl groups is 2. The van der Waals surface area contributed by atoms with Crippen LogP contribution in [0.5, 0.6) is 0 Å². The minimum absolute atomic E-state index is 0.173. The number of likely N-dealkylation sites (tertiary alicyclic amines) is 1. The van der Waals surface area contributed by atoms with Gasteiger partial charge in [0, 0.05) is 24.8 Å². The molecule has 1 aromatic rings. The number of aromatic nitrogens is 1. The van der Waals surface area contributed by atoms with E-state index in [9.17, 15) is 9.90 Å². The van der Waals surface area contributed by atoms with Gasteiger partial charge >= 0.3 is 0 Å². The van der Waals surface area contributed by atoms with Crippen LogP contribution in [0, 0.1) is 11.8 Å². The molecule has 1 atom stereocenters. The van der Waals surface area contributed by atoms with Crippen LogP contribution in [0.4, 0.5) is 0 Å². The number of β-amino-alcohol motifs (C(OH)–C–C–N with tert-alkyl or cyclic N) is 1. The molecule has 1 aliphatic rings. The number of hydrogen-bond donors (Lipinski definition) is 2. The lowest BCUT2D eigenvalue weighted by Gasteiger charge is -2.14. The molecule has 2 heterocycles. The average Bonchev–Trinajstić information content (AvgIpc) is 2.83. The number of aliphatic hydroxyl groups excluding tert-OH is 2. The van der Waals surface area contributed by atoms with E-state index >= 15 is 0 Å². The van der Waals surface area contributed by atoms with E-state index in [0.717, 1.165) is 0 Å². The molecular formula is C13H14N2O3. The van der Waals surface area contributed by atoms with Gasteiger partial charge in [-0.3, -0.25) is 4.79 Å². The number of amides is 1. The summed E-state index contributed by atoms with van der Waals surface area (Å²) in [5, 5.41) is 17.9. The summed E-state index contributed by atoms with van der Waals surface area (Å²) in [6, 6.07) is 3.30. The summed E-state index contributed by atoms with van der Waals surface area (Å²) >= 11 is 0. The molecule has 1 aliphatic heterocycles. The Balaban J connectivity index is 2.07. The van der Waals surface area contributed by atoms with Gasteiger partial charge in [-0.15, -0.1) is 0 Å². The molecule has 1 amide bonds. The van der Waals surface area contributed by atoms with Gasteiger partial charge in [0.2, 0.25) is 0 Å². The van der Waals surface area contributed by atoms with E-state index in [1.165, 1.54) is 6.20 Å². The average molecular weight is 246 g/mol. The maximum Gasteiger partial charge on any atom is 0.272 e. The van der Waals surface area contributed by atoms with Crippen LogP contribution in [0.1, 0.15) is 22.5 Å². The zero-order valence-electron chi connectivity index (χ0n) is 9.83. The van der Waals surface area contributed by atoms with Gasteiger partial charge in [0.05, 0.1) is 6.10 Å². The minimum atomic E-state index is -0.427. The molecule has 2 rings (SSSR count). The summed E-state index contributed by atoms with van der Waals surface area (Å²) in [6.07, 6.45) is 1.69. The lowest BCUT2D eigenvalue weighted by Crippen LogP contribution is -2.30. The molecule has 0 bridgehead atoms. The van der Waals surface area contributed by atoms with Crippen molar-refractivity contribution in [2.24, 2.45) is 0 Å². The number of nitrogens with zero attached hydrogens (tertiary/aromatic N) is 2. The smallest absolute Gasteiger partial charge is 0.272 e. The Kier molecular flexibility index (Phi) is 3.92. The van der Waals surface area contributed by atoms with Crippen molar-refractivity contribution in [1.29, 1.82) is 0 Å². The summed E-state index contributed by atoms with van der Waals surface area (Å²) in [4.78, 5) is 17.6. The summed E-state index contributed by atoms with van der Waals surface area (Å²) in [5.41, 5.74) is 1.00. The van der Waals surface area contributed by atoms with Crippen molar-refractivity contribution in [1.82, 2.24) is 9.88 Å². The number of rotatable bonds is 1. The van der Waals surface area contributed by atoms with Crippen molar-refractivity contribution in [3.63, 3.8) is 0 Å². The zero-order chi connectivity index (χ0) is 13.0. The van der Waals surface area contributed by atoms with Crippen LogP contribution in [-0.2, 0) is 0 Å². The van der Waals surface area contributed by atoms with Gasteiger partial charge < -0.3 is 15.1 Å². The monoisotopic (exact) mass is 246 g/mol. The van der Waals surface area contributed by atoms with Crippen LogP contribution in [0.3, 0.4) is 0 Å². The first-order chi connectivity index (χ1) is 8.70. The Hall–Kier alpha value is -1.90. The molecule has 1 fully saturated rings. The second-order valence-corrected chi connectivity index (χ2v) is 4.09. The minimum Gasteiger partial charge on any atom is -0.391 e. The molecular weight excluding hydrogens is 232 g/mol. The topological polar surface area (TPSA) is 73.7 Å². The highest BCUT2D eigenvalue weighted by Crippen LogP contribution is 2.12. The van der Waals surface area contributed by atoms with E-state index in [-0.39, 0.29) is 12.5 Å². The molecule has 0 spiro atoms. The molecule has 5 nitrogen and oxygen atoms in total. The van der Waals surface area contributed by atoms with Crippen molar-refractivity contribution in [2.45, 2.75) is 12.5 Å². The predicted molar refractivity (Wildman–Crippen MR) is 64.7 cm³/mol. The maximum absolute atomic E-state index is 12.0. The molecule has 5 heteroatoms. The Bertz CT molecular complexity index is 487. The first-order valence-corrected chi connectivity index (χ1v) is 5.74. The Morgan fingerprint density at radius 1 is 1.56 bits per heavy atom. The zero-order valence-corrected chi connectivity index (χ0v) is 9.83. The van der Waals surface area contributed by atoms with Crippen molar-refractivity contribution in [3.8, 4) is 11.8 Å². The molecule has 0 aliphatic carbocycles. The van der Waals surface area contributed by atoms with Crippen LogP contribution < -0.4 is 0 Å². The largest absolute Gasteiger partial charge is 0.391 e. The van der Waals surface area contributed by atoms with E-state index in [1.807, 2.05) is 0 Å².